The van der Waals surface area contributed by atoms with Gasteiger partial charge in [-0.3, -0.25) is 21.1 Å². The maximum Gasteiger partial charge on any atom is 0.150 e. The fourth-order valence-electron chi connectivity index (χ4n) is 1.83. The third-order valence-corrected chi connectivity index (χ3v) is 2.58. The first kappa shape index (κ1) is 11.0. The second-order valence-corrected chi connectivity index (χ2v) is 3.34. The first-order chi connectivity index (χ1) is 8.62. The van der Waals surface area contributed by atoms with Crippen molar-refractivity contribution in [2.24, 2.45) is 0 Å². The Morgan fingerprint density at radius 2 is 1.39 bits per heavy atom. The number of allylic oxidation sites excluding steroid dienone is 1. The van der Waals surface area contributed by atoms with Crippen LogP contribution in [0.1, 0.15) is 0 Å². The number of nitriles is 3. The van der Waals surface area contributed by atoms with E-state index in [-0.39, 0.29) is 39.7 Å². The number of nitrogens with zero attached hydrogens (tertiary/aromatic N) is 4. The van der Waals surface area contributed by atoms with Crippen molar-refractivity contribution >= 4 is 17.5 Å². The summed E-state index contributed by atoms with van der Waals surface area (Å²) in [6, 6.07) is 5.26. The van der Waals surface area contributed by atoms with Crippen LogP contribution in [0.2, 0.25) is 0 Å². The normalized spacial score (nSPS) is 17.4. The van der Waals surface area contributed by atoms with Gasteiger partial charge in [0.1, 0.15) is 29.6 Å². The van der Waals surface area contributed by atoms with Gasteiger partial charge in [0.05, 0.1) is 22.4 Å². The molecule has 0 amide bonds. The zero-order chi connectivity index (χ0) is 13.4. The van der Waals surface area contributed by atoms with Crippen LogP contribution in [0, 0.1) is 50.2 Å². The van der Waals surface area contributed by atoms with Gasteiger partial charge in [-0.05, 0) is 5.87 Å². The van der Waals surface area contributed by atoms with Gasteiger partial charge in [0.25, 0.3) is 0 Å². The van der Waals surface area contributed by atoms with Crippen molar-refractivity contribution in [2.75, 3.05) is 0 Å². The molecule has 0 aromatic rings. The zero-order valence-corrected chi connectivity index (χ0v) is 8.79. The van der Waals surface area contributed by atoms with Gasteiger partial charge in [-0.2, -0.15) is 15.8 Å². The third-order valence-electron chi connectivity index (χ3n) is 2.58. The molecule has 82 valence electrons. The lowest BCUT2D eigenvalue weighted by Crippen LogP contribution is -2.28. The molecule has 0 atom stereocenters. The summed E-state index contributed by atoms with van der Waals surface area (Å²) in [7, 11) is 0. The second kappa shape index (κ2) is 3.54. The Bertz CT molecular complexity index is 751. The van der Waals surface area contributed by atoms with Gasteiger partial charge in [0.15, 0.2) is 5.84 Å². The zero-order valence-electron chi connectivity index (χ0n) is 8.79. The first-order valence-corrected chi connectivity index (χ1v) is 4.59. The van der Waals surface area contributed by atoms with Crippen molar-refractivity contribution in [3.63, 3.8) is 0 Å². The first-order valence-electron chi connectivity index (χ1n) is 4.59. The Labute approximate surface area is 101 Å². The molecule has 18 heavy (non-hydrogen) atoms. The van der Waals surface area contributed by atoms with Crippen LogP contribution in [0.5, 0.6) is 0 Å². The van der Waals surface area contributed by atoms with E-state index in [2.05, 4.69) is 0 Å². The Kier molecular flexibility index (Phi) is 2.17. The van der Waals surface area contributed by atoms with E-state index < -0.39 is 0 Å². The monoisotopic (exact) mass is 233 g/mol. The average molecular weight is 233 g/mol. The number of hydrogen-bond donors (Lipinski definition) is 3. The highest BCUT2D eigenvalue weighted by atomic mass is 15.3. The molecule has 7 heteroatoms. The topological polar surface area (TPSA) is 146 Å². The van der Waals surface area contributed by atoms with Crippen LogP contribution in [0.4, 0.5) is 0 Å². The van der Waals surface area contributed by atoms with Crippen LogP contribution in [-0.2, 0) is 0 Å². The number of rotatable bonds is 0. The maximum absolute atomic E-state index is 9.03. The number of amidine groups is 2. The highest BCUT2D eigenvalue weighted by molar-refractivity contribution is 6.26. The number of hydrogen-bond acceptors (Lipinski definition) is 6. The van der Waals surface area contributed by atoms with Gasteiger partial charge < -0.3 is 0 Å². The summed E-state index contributed by atoms with van der Waals surface area (Å²) in [6.07, 6.45) is 0. The predicted octanol–water partition coefficient (Wildman–Crippen LogP) is 0.566. The fraction of sp³-hybridized carbons (Fsp3) is 0. The van der Waals surface area contributed by atoms with Gasteiger partial charge in [0.2, 0.25) is 0 Å². The minimum atomic E-state index is -0.327. The molecular formula is C11H3N7. The van der Waals surface area contributed by atoms with Crippen molar-refractivity contribution in [3.05, 3.63) is 28.0 Å². The molecule has 0 fully saturated rings. The maximum atomic E-state index is 9.03. The quantitative estimate of drug-likeness (QED) is 0.524. The lowest BCUT2D eigenvalue weighted by molar-refractivity contribution is 0.799. The summed E-state index contributed by atoms with van der Waals surface area (Å²) in [5, 5.41) is 49.5. The van der Waals surface area contributed by atoms with Crippen molar-refractivity contribution < 1.29 is 0 Å². The SMILES string of the molecule is N#CC1=C(C#N)C2=C(C#N)C(=C=N)C(=N)N2C1=N. The molecule has 2 heterocycles. The number of fused-ring (bicyclic) bond motifs is 1. The third kappa shape index (κ3) is 1.02. The fourth-order valence-corrected chi connectivity index (χ4v) is 1.83. The Balaban J connectivity index is 2.91. The summed E-state index contributed by atoms with van der Waals surface area (Å²) in [4.78, 5) is 1.01. The van der Waals surface area contributed by atoms with E-state index in [9.17, 15) is 0 Å². The molecule has 7 nitrogen and oxygen atoms in total. The van der Waals surface area contributed by atoms with Crippen molar-refractivity contribution in [1.82, 2.24) is 4.90 Å². The molecule has 3 N–H and O–H groups in total. The Morgan fingerprint density at radius 1 is 0.833 bits per heavy atom. The average Bonchev–Trinajstić information content (AvgIpc) is 2.81. The van der Waals surface area contributed by atoms with Crippen LogP contribution in [0.3, 0.4) is 0 Å². The van der Waals surface area contributed by atoms with Gasteiger partial charge in [-0.15, -0.1) is 0 Å². The lowest BCUT2D eigenvalue weighted by atomic mass is 10.0. The molecule has 0 radical (unpaired) electrons. The molecule has 0 spiro atoms. The van der Waals surface area contributed by atoms with E-state index in [0.29, 0.717) is 0 Å². The summed E-state index contributed by atoms with van der Waals surface area (Å²) >= 11 is 0. The molecule has 0 aliphatic carbocycles. The molecular weight excluding hydrogens is 230 g/mol. The van der Waals surface area contributed by atoms with Crippen LogP contribution < -0.4 is 0 Å². The largest absolute Gasteiger partial charge is 0.283 e. The van der Waals surface area contributed by atoms with Crippen molar-refractivity contribution in [1.29, 1.82) is 32.0 Å². The van der Waals surface area contributed by atoms with Crippen molar-refractivity contribution in [3.8, 4) is 18.2 Å². The summed E-state index contributed by atoms with van der Waals surface area (Å²) in [6.45, 7) is 0. The molecule has 0 aromatic heterocycles. The standard InChI is InChI=1S/C11H3N7/c12-1-5-7(3-14)10(16)18-9(5)6(2-13)8(4-15)11(18)17/h14,16-17H. The number of nitrogens with one attached hydrogen (secondary N) is 3. The second-order valence-electron chi connectivity index (χ2n) is 3.34. The highest BCUT2D eigenvalue weighted by Gasteiger charge is 2.44. The smallest absolute Gasteiger partial charge is 0.150 e. The molecule has 0 bridgehead atoms. The van der Waals surface area contributed by atoms with Crippen LogP contribution >= 0.6 is 0 Å². The Hall–Kier alpha value is -3.46. The van der Waals surface area contributed by atoms with E-state index >= 15 is 0 Å². The molecule has 0 saturated heterocycles. The Morgan fingerprint density at radius 3 is 1.83 bits per heavy atom. The van der Waals surface area contributed by atoms with Crippen LogP contribution in [0.15, 0.2) is 28.0 Å². The van der Waals surface area contributed by atoms with Gasteiger partial charge in [-0.25, -0.2) is 0 Å². The van der Waals surface area contributed by atoms with E-state index in [1.54, 1.807) is 18.2 Å². The minimum absolute atomic E-state index is 0.0290. The van der Waals surface area contributed by atoms with E-state index in [1.165, 1.54) is 0 Å². The summed E-state index contributed by atoms with van der Waals surface area (Å²) < 4.78 is 0. The van der Waals surface area contributed by atoms with Gasteiger partial charge in [-0.1, -0.05) is 0 Å². The van der Waals surface area contributed by atoms with E-state index in [1.807, 2.05) is 5.87 Å². The van der Waals surface area contributed by atoms with Crippen LogP contribution in [-0.4, -0.2) is 22.4 Å². The molecule has 2 aliphatic rings. The molecule has 2 aliphatic heterocycles. The summed E-state index contributed by atoms with van der Waals surface area (Å²) in [5.41, 5.74) is -0.423. The highest BCUT2D eigenvalue weighted by Crippen LogP contribution is 2.39. The minimum Gasteiger partial charge on any atom is -0.283 e. The summed E-state index contributed by atoms with van der Waals surface area (Å²) in [5.74, 6) is 1.33. The molecule has 0 aromatic carbocycles. The lowest BCUT2D eigenvalue weighted by Gasteiger charge is -2.13. The van der Waals surface area contributed by atoms with E-state index in [4.69, 9.17) is 32.0 Å². The predicted molar refractivity (Wildman–Crippen MR) is 59.4 cm³/mol. The van der Waals surface area contributed by atoms with Gasteiger partial charge in [0, 0.05) is 0 Å². The molecule has 0 saturated carbocycles. The van der Waals surface area contributed by atoms with Crippen molar-refractivity contribution in [2.45, 2.75) is 0 Å². The van der Waals surface area contributed by atoms with Gasteiger partial charge >= 0.3 is 0 Å². The van der Waals surface area contributed by atoms with E-state index in [0.717, 1.165) is 4.90 Å². The van der Waals surface area contributed by atoms with Crippen LogP contribution in [0.25, 0.3) is 0 Å². The molecule has 2 rings (SSSR count). The molecule has 0 unspecified atom stereocenters.